The number of hydrogen-bond donors (Lipinski definition) is 2. The highest BCUT2D eigenvalue weighted by Gasteiger charge is 2.27. The fraction of sp³-hybridized carbons (Fsp3) is 0.375. The molecule has 0 fully saturated rings. The number of hydrogen-bond acceptors (Lipinski definition) is 5. The van der Waals surface area contributed by atoms with Crippen molar-refractivity contribution in [2.75, 3.05) is 11.8 Å². The third-order valence-corrected chi connectivity index (χ3v) is 3.14. The lowest BCUT2D eigenvalue weighted by Crippen LogP contribution is -2.42. The molecule has 1 aliphatic rings. The van der Waals surface area contributed by atoms with E-state index in [2.05, 4.69) is 24.4 Å². The Hall–Kier alpha value is -1.70. The maximum absolute atomic E-state index is 11.4. The standard InChI is InChI=1S/C8H11N5O2S/c1-4-5(2)11-8-6(10-4)7(9-3)12-16(14,15)13-8/h1-3H3,(H,9,12)(H,11,13). The number of nitrogens with zero attached hydrogens (tertiary/aromatic N) is 3. The first-order valence-electron chi connectivity index (χ1n) is 4.56. The molecule has 0 saturated heterocycles. The zero-order chi connectivity index (χ0) is 11.9. The lowest BCUT2D eigenvalue weighted by atomic mass is 10.3. The lowest BCUT2D eigenvalue weighted by molar-refractivity contribution is 0.596. The molecule has 2 heterocycles. The van der Waals surface area contributed by atoms with Crippen LogP contribution in [-0.4, -0.2) is 31.3 Å². The van der Waals surface area contributed by atoms with Gasteiger partial charge in [-0.15, -0.1) is 0 Å². The molecule has 0 atom stereocenters. The molecule has 0 amide bonds. The molecule has 86 valence electrons. The maximum atomic E-state index is 11.4. The molecule has 16 heavy (non-hydrogen) atoms. The summed E-state index contributed by atoms with van der Waals surface area (Å²) < 4.78 is 27.3. The van der Waals surface area contributed by atoms with Gasteiger partial charge in [0.15, 0.2) is 11.7 Å². The minimum absolute atomic E-state index is 0.198. The molecule has 0 radical (unpaired) electrons. The Balaban J connectivity index is 2.69. The highest BCUT2D eigenvalue weighted by atomic mass is 32.2. The van der Waals surface area contributed by atoms with Gasteiger partial charge in [-0.2, -0.15) is 8.42 Å². The number of fused-ring (bicyclic) bond motifs is 1. The van der Waals surface area contributed by atoms with Crippen molar-refractivity contribution in [2.24, 2.45) is 4.99 Å². The molecule has 1 aromatic heterocycles. The molecule has 1 aliphatic heterocycles. The van der Waals surface area contributed by atoms with E-state index in [9.17, 15) is 8.42 Å². The van der Waals surface area contributed by atoms with E-state index in [1.54, 1.807) is 13.8 Å². The van der Waals surface area contributed by atoms with E-state index in [-0.39, 0.29) is 11.7 Å². The third-order valence-electron chi connectivity index (χ3n) is 2.22. The second-order valence-electron chi connectivity index (χ2n) is 3.37. The Bertz CT molecular complexity index is 578. The van der Waals surface area contributed by atoms with Crippen molar-refractivity contribution in [2.45, 2.75) is 13.8 Å². The summed E-state index contributed by atoms with van der Waals surface area (Å²) in [7, 11) is -2.13. The maximum Gasteiger partial charge on any atom is 0.323 e. The Morgan fingerprint density at radius 3 is 2.38 bits per heavy atom. The first-order chi connectivity index (χ1) is 7.43. The van der Waals surface area contributed by atoms with Gasteiger partial charge < -0.3 is 0 Å². The summed E-state index contributed by atoms with van der Waals surface area (Å²) in [5.41, 5.74) is 1.84. The molecule has 0 aromatic carbocycles. The predicted molar refractivity (Wildman–Crippen MR) is 59.6 cm³/mol. The molecule has 7 nitrogen and oxygen atoms in total. The van der Waals surface area contributed by atoms with Crippen molar-refractivity contribution in [1.82, 2.24) is 14.7 Å². The average Bonchev–Trinajstić information content (AvgIpc) is 2.18. The predicted octanol–water partition coefficient (Wildman–Crippen LogP) is -0.270. The molecule has 0 aliphatic carbocycles. The second kappa shape index (κ2) is 3.41. The minimum Gasteiger partial charge on any atom is -0.269 e. The van der Waals surface area contributed by atoms with Gasteiger partial charge in [0.1, 0.15) is 5.69 Å². The first kappa shape index (κ1) is 10.8. The van der Waals surface area contributed by atoms with Crippen molar-refractivity contribution >= 4 is 21.9 Å². The van der Waals surface area contributed by atoms with Crippen LogP contribution in [0.3, 0.4) is 0 Å². The topological polar surface area (TPSA) is 96.3 Å². The molecule has 8 heteroatoms. The van der Waals surface area contributed by atoms with E-state index in [4.69, 9.17) is 0 Å². The minimum atomic E-state index is -3.62. The van der Waals surface area contributed by atoms with Gasteiger partial charge in [-0.3, -0.25) is 4.99 Å². The van der Waals surface area contributed by atoms with E-state index in [1.807, 2.05) is 0 Å². The lowest BCUT2D eigenvalue weighted by Gasteiger charge is -2.20. The van der Waals surface area contributed by atoms with Gasteiger partial charge >= 0.3 is 10.2 Å². The first-order valence-corrected chi connectivity index (χ1v) is 6.04. The van der Waals surface area contributed by atoms with Crippen molar-refractivity contribution in [3.63, 3.8) is 0 Å². The molecule has 1 aromatic rings. The molecule has 0 unspecified atom stereocenters. The number of anilines is 1. The summed E-state index contributed by atoms with van der Waals surface area (Å²) in [6.07, 6.45) is 0. The third kappa shape index (κ3) is 1.71. The highest BCUT2D eigenvalue weighted by molar-refractivity contribution is 7.91. The van der Waals surface area contributed by atoms with Crippen molar-refractivity contribution in [1.29, 1.82) is 0 Å². The molecular formula is C8H11N5O2S. The zero-order valence-corrected chi connectivity index (χ0v) is 9.88. The second-order valence-corrected chi connectivity index (χ2v) is 4.79. The largest absolute Gasteiger partial charge is 0.323 e. The quantitative estimate of drug-likeness (QED) is 0.653. The van der Waals surface area contributed by atoms with Crippen molar-refractivity contribution in [3.05, 3.63) is 17.1 Å². The smallest absolute Gasteiger partial charge is 0.269 e. The summed E-state index contributed by atoms with van der Waals surface area (Å²) in [4.78, 5) is 12.2. The van der Waals surface area contributed by atoms with Crippen LogP contribution in [0.1, 0.15) is 17.1 Å². The fourth-order valence-electron chi connectivity index (χ4n) is 1.32. The van der Waals surface area contributed by atoms with Gasteiger partial charge in [-0.25, -0.2) is 19.4 Å². The molecule has 0 spiro atoms. The monoisotopic (exact) mass is 241 g/mol. The normalized spacial score (nSPS) is 19.8. The van der Waals surface area contributed by atoms with Crippen LogP contribution in [0.2, 0.25) is 0 Å². The number of aryl methyl sites for hydroxylation is 2. The SMILES string of the molecule is CN=C1NS(=O)(=O)Nc2nc(C)c(C)nc21. The molecule has 2 rings (SSSR count). The summed E-state index contributed by atoms with van der Waals surface area (Å²) in [6, 6.07) is 0. The van der Waals surface area contributed by atoms with Gasteiger partial charge in [0.05, 0.1) is 11.4 Å². The van der Waals surface area contributed by atoms with Crippen LogP contribution in [0.4, 0.5) is 5.82 Å². The summed E-state index contributed by atoms with van der Waals surface area (Å²) in [5, 5.41) is 0. The van der Waals surface area contributed by atoms with Crippen LogP contribution in [0.5, 0.6) is 0 Å². The van der Waals surface area contributed by atoms with Crippen LogP contribution in [0, 0.1) is 13.8 Å². The number of aliphatic imine (C=N–C) groups is 1. The van der Waals surface area contributed by atoms with Gasteiger partial charge in [0.25, 0.3) is 0 Å². The fourth-order valence-corrected chi connectivity index (χ4v) is 2.21. The Morgan fingerprint density at radius 2 is 1.75 bits per heavy atom. The van der Waals surface area contributed by atoms with E-state index in [1.165, 1.54) is 7.05 Å². The van der Waals surface area contributed by atoms with Crippen molar-refractivity contribution in [3.8, 4) is 0 Å². The van der Waals surface area contributed by atoms with E-state index in [0.29, 0.717) is 11.4 Å². The molecular weight excluding hydrogens is 230 g/mol. The number of aromatic nitrogens is 2. The average molecular weight is 241 g/mol. The van der Waals surface area contributed by atoms with Crippen LogP contribution >= 0.6 is 0 Å². The number of rotatable bonds is 0. The zero-order valence-electron chi connectivity index (χ0n) is 9.07. The Morgan fingerprint density at radius 1 is 1.12 bits per heavy atom. The molecule has 0 bridgehead atoms. The van der Waals surface area contributed by atoms with Crippen LogP contribution in [-0.2, 0) is 10.2 Å². The van der Waals surface area contributed by atoms with Gasteiger partial charge in [-0.05, 0) is 13.8 Å². The Labute approximate surface area is 93.2 Å². The van der Waals surface area contributed by atoms with Crippen LogP contribution in [0.15, 0.2) is 4.99 Å². The summed E-state index contributed by atoms with van der Waals surface area (Å²) in [6.45, 7) is 3.57. The van der Waals surface area contributed by atoms with Gasteiger partial charge in [0.2, 0.25) is 0 Å². The molecule has 2 N–H and O–H groups in total. The van der Waals surface area contributed by atoms with Crippen molar-refractivity contribution < 1.29 is 8.42 Å². The Kier molecular flexibility index (Phi) is 2.30. The van der Waals surface area contributed by atoms with E-state index in [0.717, 1.165) is 5.69 Å². The van der Waals surface area contributed by atoms with E-state index >= 15 is 0 Å². The van der Waals surface area contributed by atoms with E-state index < -0.39 is 10.2 Å². The highest BCUT2D eigenvalue weighted by Crippen LogP contribution is 2.18. The number of amidine groups is 1. The van der Waals surface area contributed by atoms with Gasteiger partial charge in [0, 0.05) is 7.05 Å². The van der Waals surface area contributed by atoms with Gasteiger partial charge in [-0.1, -0.05) is 0 Å². The van der Waals surface area contributed by atoms with Crippen LogP contribution in [0.25, 0.3) is 0 Å². The summed E-state index contributed by atoms with van der Waals surface area (Å²) >= 11 is 0. The molecule has 0 saturated carbocycles. The van der Waals surface area contributed by atoms with Crippen LogP contribution < -0.4 is 9.44 Å². The summed E-state index contributed by atoms with van der Waals surface area (Å²) in [5.74, 6) is 0.409. The number of nitrogens with one attached hydrogen (secondary N) is 2.